The van der Waals surface area contributed by atoms with Gasteiger partial charge in [0.1, 0.15) is 36.3 Å². The minimum absolute atomic E-state index is 0.0309. The van der Waals surface area contributed by atoms with Crippen molar-refractivity contribution in [3.8, 4) is 0 Å². The molecule has 2 aromatic rings. The minimum Gasteiger partial charge on any atom is -0.386 e. The molecule has 2 amide bonds. The van der Waals surface area contributed by atoms with Crippen molar-refractivity contribution in [3.63, 3.8) is 0 Å². The first-order valence-electron chi connectivity index (χ1n) is 20.9. The molecule has 0 saturated carbocycles. The average Bonchev–Trinajstić information content (AvgIpc) is 3.79. The highest BCUT2D eigenvalue weighted by Gasteiger charge is 2.50. The van der Waals surface area contributed by atoms with Gasteiger partial charge in [-0.2, -0.15) is 4.31 Å². The van der Waals surface area contributed by atoms with E-state index in [1.54, 1.807) is 6.08 Å². The number of imidazole rings is 1. The molecule has 2 unspecified atom stereocenters. The first-order valence-corrected chi connectivity index (χ1v) is 26.5. The number of phosphoric acid groups is 3. The highest BCUT2D eigenvalue weighted by Crippen LogP contribution is 2.61. The molecule has 0 bridgehead atoms. The molecule has 10 N–H and O–H groups in total. The molecule has 24 nitrogen and oxygen atoms in total. The van der Waals surface area contributed by atoms with Crippen LogP contribution in [0.3, 0.4) is 0 Å². The molecule has 3 heterocycles. The fraction of sp³-hybridized carbons (Fsp3) is 0.676. The van der Waals surface area contributed by atoms with E-state index in [1.165, 1.54) is 71.3 Å². The zero-order valence-electron chi connectivity index (χ0n) is 36.5. The standard InChI is InChI=1S/C37H62N7O17P3S/c1-4-5-6-7-8-9-10-11-12-13-14-15-16-17-28(46)65-21-20-39-27(45)18-19-40-35(49)32(48)37(2,3)23-58-64(55,56)61-63(53,54)57-22-26-31(60-62(50,51)52)30(47)36(59-26)44-25-43-29-33(38)41-24-42-34(29)44/h14-17,24-26,30-32,36,47-48H,4-13,18-23H2,1-3H3,(H,39,45)(H,40,49)(H,53,54)(H,55,56)(H2,38,41,42)(H2,50,51,52)/t26-,30-,31-,32+,36-/m1/s1. The number of fused-ring (bicyclic) bond motifs is 1. The Hall–Kier alpha value is -2.96. The summed E-state index contributed by atoms with van der Waals surface area (Å²) in [6, 6.07) is 0. The zero-order valence-corrected chi connectivity index (χ0v) is 40.0. The normalized spacial score (nSPS) is 20.6. The second-order valence-electron chi connectivity index (χ2n) is 15.6. The second-order valence-corrected chi connectivity index (χ2v) is 21.0. The van der Waals surface area contributed by atoms with E-state index in [1.807, 2.05) is 12.2 Å². The van der Waals surface area contributed by atoms with Gasteiger partial charge in [0.15, 0.2) is 17.7 Å². The quantitative estimate of drug-likeness (QED) is 0.0225. The average molecular weight is 1000 g/mol. The molecule has 28 heteroatoms. The molecule has 368 valence electrons. The van der Waals surface area contributed by atoms with Gasteiger partial charge in [0, 0.05) is 30.7 Å². The maximum atomic E-state index is 12.7. The SMILES string of the molecule is CCCCCCCCCCCC=CC=CC(=O)SCCNC(=O)CCNC(=O)[C@H](O)C(C)(C)COP(=O)(O)OP(=O)(O)OC[C@H]1O[C@@H](n2cnc3c(N)ncnc32)[C@H](O)[C@@H]1OP(=O)(O)O. The van der Waals surface area contributed by atoms with Crippen LogP contribution in [0.25, 0.3) is 11.2 Å². The number of nitrogens with one attached hydrogen (secondary N) is 2. The molecule has 1 aliphatic heterocycles. The fourth-order valence-corrected chi connectivity index (χ4v) is 9.62. The van der Waals surface area contributed by atoms with Gasteiger partial charge in [0.2, 0.25) is 16.9 Å². The van der Waals surface area contributed by atoms with Gasteiger partial charge in [-0.3, -0.25) is 32.5 Å². The summed E-state index contributed by atoms with van der Waals surface area (Å²) in [5.74, 6) is -1.14. The van der Waals surface area contributed by atoms with Crippen LogP contribution in [0, 0.1) is 5.41 Å². The Kier molecular flexibility index (Phi) is 23.5. The summed E-state index contributed by atoms with van der Waals surface area (Å²) in [6.45, 7) is 2.70. The van der Waals surface area contributed by atoms with Gasteiger partial charge >= 0.3 is 23.5 Å². The van der Waals surface area contributed by atoms with Crippen molar-refractivity contribution >= 4 is 69.1 Å². The van der Waals surface area contributed by atoms with Crippen molar-refractivity contribution < 1.29 is 80.5 Å². The predicted octanol–water partition coefficient (Wildman–Crippen LogP) is 3.70. The summed E-state index contributed by atoms with van der Waals surface area (Å²) in [6.07, 6.45) is 12.4. The lowest BCUT2D eigenvalue weighted by Crippen LogP contribution is -2.46. The molecule has 2 aromatic heterocycles. The molecule has 7 atom stereocenters. The lowest BCUT2D eigenvalue weighted by atomic mass is 9.87. The van der Waals surface area contributed by atoms with Gasteiger partial charge in [-0.1, -0.05) is 102 Å². The summed E-state index contributed by atoms with van der Waals surface area (Å²) in [5, 5.41) is 26.3. The number of rotatable bonds is 31. The summed E-state index contributed by atoms with van der Waals surface area (Å²) in [4.78, 5) is 88.1. The number of aliphatic hydroxyl groups excluding tert-OH is 2. The minimum atomic E-state index is -5.58. The van der Waals surface area contributed by atoms with E-state index in [0.29, 0.717) is 5.75 Å². The Morgan fingerprint density at radius 3 is 2.29 bits per heavy atom. The fourth-order valence-electron chi connectivity index (χ4n) is 6.21. The van der Waals surface area contributed by atoms with Crippen LogP contribution in [-0.2, 0) is 50.7 Å². The van der Waals surface area contributed by atoms with Crippen LogP contribution in [0.2, 0.25) is 0 Å². The number of ether oxygens (including phenoxy) is 1. The van der Waals surface area contributed by atoms with Crippen LogP contribution >= 0.6 is 35.2 Å². The number of hydrogen-bond acceptors (Lipinski definition) is 18. The third kappa shape index (κ3) is 20.4. The highest BCUT2D eigenvalue weighted by molar-refractivity contribution is 8.14. The smallest absolute Gasteiger partial charge is 0.386 e. The number of thioether (sulfide) groups is 1. The lowest BCUT2D eigenvalue weighted by molar-refractivity contribution is -0.137. The number of allylic oxidation sites excluding steroid dienone is 3. The van der Waals surface area contributed by atoms with Crippen molar-refractivity contribution in [2.24, 2.45) is 5.41 Å². The largest absolute Gasteiger partial charge is 0.481 e. The predicted molar refractivity (Wildman–Crippen MR) is 237 cm³/mol. The van der Waals surface area contributed by atoms with Crippen molar-refractivity contribution in [1.82, 2.24) is 30.2 Å². The Balaban J connectivity index is 1.35. The first-order chi connectivity index (χ1) is 30.6. The Morgan fingerprint density at radius 1 is 0.954 bits per heavy atom. The number of nitrogens with zero attached hydrogens (tertiary/aromatic N) is 4. The van der Waals surface area contributed by atoms with E-state index in [9.17, 15) is 57.9 Å². The molecule has 0 radical (unpaired) electrons. The zero-order chi connectivity index (χ0) is 48.3. The number of nitrogen functional groups attached to an aromatic ring is 1. The van der Waals surface area contributed by atoms with E-state index >= 15 is 0 Å². The van der Waals surface area contributed by atoms with Crippen molar-refractivity contribution in [2.75, 3.05) is 37.8 Å². The van der Waals surface area contributed by atoms with Crippen molar-refractivity contribution in [3.05, 3.63) is 37.0 Å². The van der Waals surface area contributed by atoms with Gasteiger partial charge in [-0.25, -0.2) is 28.6 Å². The number of anilines is 1. The number of carbonyl (C=O) groups excluding carboxylic acids is 3. The van der Waals surface area contributed by atoms with Crippen LogP contribution in [0.1, 0.15) is 97.6 Å². The number of hydrogen-bond donors (Lipinski definition) is 9. The number of amides is 2. The second kappa shape index (κ2) is 27.1. The summed E-state index contributed by atoms with van der Waals surface area (Å²) < 4.78 is 62.3. The molecule has 65 heavy (non-hydrogen) atoms. The molecule has 1 aliphatic rings. The molecule has 1 fully saturated rings. The number of phosphoric ester groups is 3. The number of aliphatic hydroxyl groups is 2. The molecular weight excluding hydrogens is 939 g/mol. The molecule has 0 aliphatic carbocycles. The van der Waals surface area contributed by atoms with Crippen LogP contribution in [0.5, 0.6) is 0 Å². The van der Waals surface area contributed by atoms with Crippen LogP contribution in [-0.4, -0.2) is 123 Å². The monoisotopic (exact) mass is 1000 g/mol. The van der Waals surface area contributed by atoms with Crippen molar-refractivity contribution in [2.45, 2.75) is 122 Å². The van der Waals surface area contributed by atoms with Crippen LogP contribution in [0.15, 0.2) is 37.0 Å². The summed E-state index contributed by atoms with van der Waals surface area (Å²) in [7, 11) is -16.4. The number of aromatic nitrogens is 4. The topological polar surface area (TPSA) is 364 Å². The van der Waals surface area contributed by atoms with Crippen LogP contribution in [0.4, 0.5) is 5.82 Å². The molecule has 1 saturated heterocycles. The van der Waals surface area contributed by atoms with E-state index < -0.39 is 84.6 Å². The Labute approximate surface area is 381 Å². The van der Waals surface area contributed by atoms with Gasteiger partial charge < -0.3 is 50.9 Å². The molecule has 0 aromatic carbocycles. The van der Waals surface area contributed by atoms with Crippen molar-refractivity contribution in [1.29, 1.82) is 0 Å². The summed E-state index contributed by atoms with van der Waals surface area (Å²) in [5.41, 5.74) is 4.27. The maximum absolute atomic E-state index is 12.7. The van der Waals surface area contributed by atoms with Crippen LogP contribution < -0.4 is 16.4 Å². The van der Waals surface area contributed by atoms with Gasteiger partial charge in [-0.15, -0.1) is 0 Å². The van der Waals surface area contributed by atoms with E-state index in [2.05, 4.69) is 41.3 Å². The van der Waals surface area contributed by atoms with Gasteiger partial charge in [-0.05, 0) is 18.9 Å². The van der Waals surface area contributed by atoms with E-state index in [4.69, 9.17) is 19.5 Å². The Morgan fingerprint density at radius 2 is 1.62 bits per heavy atom. The van der Waals surface area contributed by atoms with E-state index in [0.717, 1.165) is 41.8 Å². The Bertz CT molecular complexity index is 2050. The first kappa shape index (κ1) is 56.4. The highest BCUT2D eigenvalue weighted by atomic mass is 32.2. The third-order valence-electron chi connectivity index (χ3n) is 9.70. The van der Waals surface area contributed by atoms with Gasteiger partial charge in [0.25, 0.3) is 0 Å². The molecular formula is C37H62N7O17P3S. The lowest BCUT2D eigenvalue weighted by Gasteiger charge is -2.30. The van der Waals surface area contributed by atoms with Gasteiger partial charge in [0.05, 0.1) is 19.5 Å². The molecule has 0 spiro atoms. The third-order valence-corrected chi connectivity index (χ3v) is 13.6. The maximum Gasteiger partial charge on any atom is 0.481 e. The van der Waals surface area contributed by atoms with E-state index in [-0.39, 0.29) is 41.6 Å². The number of nitrogens with two attached hydrogens (primary N) is 1. The number of unbranched alkanes of at least 4 members (excludes halogenated alkanes) is 9. The number of carbonyl (C=O) groups is 3. The summed E-state index contributed by atoms with van der Waals surface area (Å²) >= 11 is 1.03. The molecule has 3 rings (SSSR count).